The quantitative estimate of drug-likeness (QED) is 0.567. The molecule has 0 aliphatic carbocycles. The third-order valence-electron chi connectivity index (χ3n) is 5.15. The number of benzene rings is 1. The van der Waals surface area contributed by atoms with Crippen LogP contribution in [-0.4, -0.2) is 42.9 Å². The molecule has 5 heteroatoms. The van der Waals surface area contributed by atoms with E-state index < -0.39 is 11.8 Å². The highest BCUT2D eigenvalue weighted by Crippen LogP contribution is 2.21. The number of hydrogen-bond acceptors (Lipinski definition) is 3. The van der Waals surface area contributed by atoms with Gasteiger partial charge in [0.1, 0.15) is 0 Å². The largest absolute Gasteiger partial charge is 0.348 e. The number of carbonyl (C=O) groups excluding carboxylic acids is 2. The lowest BCUT2D eigenvalue weighted by Crippen LogP contribution is -2.39. The minimum atomic E-state index is -0.602. The summed E-state index contributed by atoms with van der Waals surface area (Å²) in [5, 5.41) is 5.41. The molecule has 0 radical (unpaired) electrons. The molecular weight excluding hydrogens is 338 g/mol. The normalized spacial score (nSPS) is 20.5. The maximum absolute atomic E-state index is 12.0. The second kappa shape index (κ2) is 10.5. The number of nitrogens with zero attached hydrogens (tertiary/aromatic N) is 1. The van der Waals surface area contributed by atoms with Gasteiger partial charge in [-0.3, -0.25) is 9.59 Å². The molecule has 5 nitrogen and oxygen atoms in total. The van der Waals surface area contributed by atoms with Gasteiger partial charge >= 0.3 is 11.8 Å². The van der Waals surface area contributed by atoms with Crippen LogP contribution in [0.15, 0.2) is 24.3 Å². The Kier molecular flexibility index (Phi) is 8.29. The van der Waals surface area contributed by atoms with E-state index in [1.165, 1.54) is 19.5 Å². The molecule has 2 rings (SSSR count). The van der Waals surface area contributed by atoms with Crippen LogP contribution in [0.2, 0.25) is 0 Å². The van der Waals surface area contributed by atoms with Crippen LogP contribution in [0, 0.1) is 11.8 Å². The van der Waals surface area contributed by atoms with E-state index in [1.807, 2.05) is 18.2 Å². The fraction of sp³-hybridized carbons (Fsp3) is 0.636. The summed E-state index contributed by atoms with van der Waals surface area (Å²) >= 11 is 0. The molecule has 1 aliphatic heterocycles. The molecule has 150 valence electrons. The number of piperidine rings is 1. The molecule has 2 unspecified atom stereocenters. The van der Waals surface area contributed by atoms with Gasteiger partial charge in [-0.05, 0) is 61.3 Å². The molecule has 27 heavy (non-hydrogen) atoms. The maximum Gasteiger partial charge on any atom is 0.313 e. The Morgan fingerprint density at radius 2 is 1.81 bits per heavy atom. The maximum atomic E-state index is 12.0. The third kappa shape index (κ3) is 7.33. The van der Waals surface area contributed by atoms with E-state index in [2.05, 4.69) is 43.2 Å². The van der Waals surface area contributed by atoms with Crippen LogP contribution < -0.4 is 10.6 Å². The van der Waals surface area contributed by atoms with Crippen LogP contribution >= 0.6 is 0 Å². The molecular formula is C22H35N3O2. The zero-order valence-electron chi connectivity index (χ0n) is 17.3. The molecule has 0 bridgehead atoms. The number of unbranched alkanes of at least 4 members (excludes halogenated alkanes) is 1. The fourth-order valence-electron chi connectivity index (χ4n) is 3.88. The summed E-state index contributed by atoms with van der Waals surface area (Å²) in [6.07, 6.45) is 3.25. The van der Waals surface area contributed by atoms with Crippen molar-refractivity contribution in [1.29, 1.82) is 0 Å². The first-order valence-corrected chi connectivity index (χ1v) is 10.3. The predicted molar refractivity (Wildman–Crippen MR) is 111 cm³/mol. The van der Waals surface area contributed by atoms with Gasteiger partial charge in [0.15, 0.2) is 0 Å². The van der Waals surface area contributed by atoms with Gasteiger partial charge in [0, 0.05) is 25.3 Å². The molecule has 2 amide bonds. The third-order valence-corrected chi connectivity index (χ3v) is 5.15. The van der Waals surface area contributed by atoms with Crippen molar-refractivity contribution in [3.63, 3.8) is 0 Å². The van der Waals surface area contributed by atoms with Crippen molar-refractivity contribution in [3.8, 4) is 0 Å². The first-order valence-electron chi connectivity index (χ1n) is 10.3. The summed E-state index contributed by atoms with van der Waals surface area (Å²) in [5.74, 6) is 0.749. The average Bonchev–Trinajstić information content (AvgIpc) is 2.60. The van der Waals surface area contributed by atoms with Crippen molar-refractivity contribution in [1.82, 2.24) is 10.2 Å². The molecule has 2 N–H and O–H groups in total. The number of amides is 2. The topological polar surface area (TPSA) is 61.4 Å². The molecule has 1 aliphatic rings. The van der Waals surface area contributed by atoms with Gasteiger partial charge < -0.3 is 15.5 Å². The number of anilines is 1. The lowest BCUT2D eigenvalue weighted by atomic mass is 9.92. The van der Waals surface area contributed by atoms with Gasteiger partial charge in [0.05, 0.1) is 0 Å². The van der Waals surface area contributed by atoms with Gasteiger partial charge in [-0.15, -0.1) is 0 Å². The first-order chi connectivity index (χ1) is 12.8. The Labute approximate surface area is 163 Å². The first kappa shape index (κ1) is 21.4. The summed E-state index contributed by atoms with van der Waals surface area (Å²) in [5.41, 5.74) is 1.80. The van der Waals surface area contributed by atoms with E-state index in [4.69, 9.17) is 0 Å². The Morgan fingerprint density at radius 3 is 2.48 bits per heavy atom. The fourth-order valence-corrected chi connectivity index (χ4v) is 3.88. The minimum Gasteiger partial charge on any atom is -0.348 e. The predicted octanol–water partition coefficient (Wildman–Crippen LogP) is 3.62. The van der Waals surface area contributed by atoms with Crippen LogP contribution in [0.1, 0.15) is 58.4 Å². The second-order valence-corrected chi connectivity index (χ2v) is 8.40. The highest BCUT2D eigenvalue weighted by molar-refractivity contribution is 6.39. The SMILES string of the molecule is CC1CC(C)CN(CCCCNC(=O)C(=O)Nc2cccc(C(C)C)c2)C1. The van der Waals surface area contributed by atoms with E-state index in [-0.39, 0.29) is 0 Å². The zero-order valence-corrected chi connectivity index (χ0v) is 17.3. The van der Waals surface area contributed by atoms with Crippen molar-refractivity contribution in [3.05, 3.63) is 29.8 Å². The molecule has 1 aromatic carbocycles. The van der Waals surface area contributed by atoms with Gasteiger partial charge in [0.25, 0.3) is 0 Å². The van der Waals surface area contributed by atoms with Crippen molar-refractivity contribution >= 4 is 17.5 Å². The van der Waals surface area contributed by atoms with E-state index in [9.17, 15) is 9.59 Å². The van der Waals surface area contributed by atoms with Crippen molar-refractivity contribution in [2.75, 3.05) is 31.5 Å². The second-order valence-electron chi connectivity index (χ2n) is 8.40. The number of hydrogen-bond donors (Lipinski definition) is 2. The lowest BCUT2D eigenvalue weighted by molar-refractivity contribution is -0.136. The summed E-state index contributed by atoms with van der Waals surface area (Å²) in [6, 6.07) is 7.63. The van der Waals surface area contributed by atoms with Crippen molar-refractivity contribution in [2.45, 2.75) is 52.9 Å². The van der Waals surface area contributed by atoms with E-state index in [0.29, 0.717) is 18.2 Å². The summed E-state index contributed by atoms with van der Waals surface area (Å²) in [4.78, 5) is 26.6. The molecule has 0 aromatic heterocycles. The van der Waals surface area contributed by atoms with Crippen LogP contribution in [0.5, 0.6) is 0 Å². The van der Waals surface area contributed by atoms with Gasteiger partial charge in [-0.2, -0.15) is 0 Å². The molecule has 0 saturated carbocycles. The van der Waals surface area contributed by atoms with Crippen LogP contribution in [0.4, 0.5) is 5.69 Å². The number of nitrogens with one attached hydrogen (secondary N) is 2. The lowest BCUT2D eigenvalue weighted by Gasteiger charge is -2.34. The van der Waals surface area contributed by atoms with Crippen LogP contribution in [0.3, 0.4) is 0 Å². The Balaban J connectivity index is 1.65. The smallest absolute Gasteiger partial charge is 0.313 e. The van der Waals surface area contributed by atoms with Crippen molar-refractivity contribution in [2.24, 2.45) is 11.8 Å². The Bertz CT molecular complexity index is 620. The molecule has 0 spiro atoms. The molecule has 1 fully saturated rings. The minimum absolute atomic E-state index is 0.376. The van der Waals surface area contributed by atoms with Crippen molar-refractivity contribution < 1.29 is 9.59 Å². The van der Waals surface area contributed by atoms with Gasteiger partial charge in [-0.25, -0.2) is 0 Å². The molecule has 1 aromatic rings. The molecule has 2 atom stereocenters. The number of likely N-dealkylation sites (tertiary alicyclic amines) is 1. The molecule has 1 saturated heterocycles. The van der Waals surface area contributed by atoms with E-state index >= 15 is 0 Å². The standard InChI is InChI=1S/C22H35N3O2/c1-16(2)19-8-7-9-20(13-19)24-22(27)21(26)23-10-5-6-11-25-14-17(3)12-18(4)15-25/h7-9,13,16-18H,5-6,10-12,14-15H2,1-4H3,(H,23,26)(H,24,27). The van der Waals surface area contributed by atoms with Crippen LogP contribution in [0.25, 0.3) is 0 Å². The average molecular weight is 374 g/mol. The highest BCUT2D eigenvalue weighted by atomic mass is 16.2. The summed E-state index contributed by atoms with van der Waals surface area (Å²) < 4.78 is 0. The summed E-state index contributed by atoms with van der Waals surface area (Å²) in [7, 11) is 0. The van der Waals surface area contributed by atoms with E-state index in [0.717, 1.165) is 36.8 Å². The van der Waals surface area contributed by atoms with E-state index in [1.54, 1.807) is 6.07 Å². The summed E-state index contributed by atoms with van der Waals surface area (Å²) in [6.45, 7) is 12.8. The van der Waals surface area contributed by atoms with Gasteiger partial charge in [0.2, 0.25) is 0 Å². The monoisotopic (exact) mass is 373 g/mol. The Hall–Kier alpha value is -1.88. The highest BCUT2D eigenvalue weighted by Gasteiger charge is 2.21. The number of carbonyl (C=O) groups is 2. The number of rotatable bonds is 7. The Morgan fingerprint density at radius 1 is 1.11 bits per heavy atom. The van der Waals surface area contributed by atoms with Gasteiger partial charge in [-0.1, -0.05) is 39.8 Å². The molecule has 1 heterocycles. The zero-order chi connectivity index (χ0) is 19.8. The van der Waals surface area contributed by atoms with Crippen LogP contribution in [-0.2, 0) is 9.59 Å².